The third-order valence-corrected chi connectivity index (χ3v) is 6.59. The lowest BCUT2D eigenvalue weighted by atomic mass is 9.41. The third kappa shape index (κ3) is 1.06. The van der Waals surface area contributed by atoms with Gasteiger partial charge in [0.25, 0.3) is 0 Å². The van der Waals surface area contributed by atoms with Crippen LogP contribution in [0.1, 0.15) is 58.3 Å². The van der Waals surface area contributed by atoms with Crippen molar-refractivity contribution < 1.29 is 0 Å². The van der Waals surface area contributed by atoms with Crippen molar-refractivity contribution in [3.63, 3.8) is 0 Å². The van der Waals surface area contributed by atoms with Crippen LogP contribution in [0.15, 0.2) is 0 Å². The van der Waals surface area contributed by atoms with Gasteiger partial charge in [0.05, 0.1) is 0 Å². The lowest BCUT2D eigenvalue weighted by Gasteiger charge is -2.68. The molecule has 4 aliphatic carbocycles. The SMILES string of the molecule is CC12CC3CC(CC(C3)C13CCCCN3)C2. The predicted octanol–water partition coefficient (Wildman–Crippen LogP) is 3.34. The molecule has 5 rings (SSSR count). The van der Waals surface area contributed by atoms with Gasteiger partial charge in [-0.1, -0.05) is 13.3 Å². The van der Waals surface area contributed by atoms with Gasteiger partial charge >= 0.3 is 0 Å². The molecule has 1 spiro atoms. The zero-order chi connectivity index (χ0) is 10.8. The average Bonchev–Trinajstić information content (AvgIpc) is 2.26. The van der Waals surface area contributed by atoms with Crippen molar-refractivity contribution in [2.75, 3.05) is 6.54 Å². The fraction of sp³-hybridized carbons (Fsp3) is 1.00. The highest BCUT2D eigenvalue weighted by Gasteiger charge is 2.62. The van der Waals surface area contributed by atoms with E-state index in [0.29, 0.717) is 11.0 Å². The summed E-state index contributed by atoms with van der Waals surface area (Å²) >= 11 is 0. The van der Waals surface area contributed by atoms with E-state index in [1.165, 1.54) is 38.6 Å². The molecule has 0 aromatic rings. The van der Waals surface area contributed by atoms with Gasteiger partial charge in [-0.25, -0.2) is 0 Å². The molecule has 5 aliphatic rings. The second-order valence-corrected chi connectivity index (χ2v) is 7.46. The highest BCUT2D eigenvalue weighted by atomic mass is 15.0. The van der Waals surface area contributed by atoms with Crippen LogP contribution in [0.2, 0.25) is 0 Å². The number of piperidine rings is 1. The van der Waals surface area contributed by atoms with E-state index >= 15 is 0 Å². The Morgan fingerprint density at radius 3 is 2.31 bits per heavy atom. The first-order valence-corrected chi connectivity index (χ1v) is 7.47. The highest BCUT2D eigenvalue weighted by Crippen LogP contribution is 2.65. The Kier molecular flexibility index (Phi) is 1.89. The molecule has 3 unspecified atom stereocenters. The molecule has 4 saturated carbocycles. The summed E-state index contributed by atoms with van der Waals surface area (Å²) in [7, 11) is 0. The topological polar surface area (TPSA) is 12.0 Å². The largest absolute Gasteiger partial charge is 0.310 e. The van der Waals surface area contributed by atoms with Crippen molar-refractivity contribution in [3.8, 4) is 0 Å². The number of hydrogen-bond donors (Lipinski definition) is 1. The van der Waals surface area contributed by atoms with Gasteiger partial charge in [0.2, 0.25) is 0 Å². The molecule has 1 N–H and O–H groups in total. The summed E-state index contributed by atoms with van der Waals surface area (Å²) in [5.41, 5.74) is 1.22. The molecule has 3 atom stereocenters. The minimum Gasteiger partial charge on any atom is -0.310 e. The molecule has 1 heterocycles. The first-order chi connectivity index (χ1) is 7.72. The van der Waals surface area contributed by atoms with Crippen molar-refractivity contribution in [1.82, 2.24) is 5.32 Å². The summed E-state index contributed by atoms with van der Waals surface area (Å²) in [4.78, 5) is 0. The van der Waals surface area contributed by atoms with Gasteiger partial charge in [-0.3, -0.25) is 0 Å². The minimum absolute atomic E-state index is 0.568. The fourth-order valence-electron chi connectivity index (χ4n) is 6.31. The van der Waals surface area contributed by atoms with Crippen molar-refractivity contribution in [2.45, 2.75) is 63.8 Å². The molecular weight excluding hydrogens is 194 g/mol. The molecule has 1 heteroatoms. The smallest absolute Gasteiger partial charge is 0.0263 e. The summed E-state index contributed by atoms with van der Waals surface area (Å²) in [5, 5.41) is 4.02. The van der Waals surface area contributed by atoms with E-state index in [1.807, 2.05) is 0 Å². The second kappa shape index (κ2) is 3.04. The molecule has 0 amide bonds. The summed E-state index contributed by atoms with van der Waals surface area (Å²) in [5.74, 6) is 3.22. The molecule has 4 bridgehead atoms. The van der Waals surface area contributed by atoms with Gasteiger partial charge in [-0.05, 0) is 74.7 Å². The standard InChI is InChI=1S/C15H25N/c1-14-9-11-6-12(10-14)8-13(7-11)15(14)4-2-3-5-16-15/h11-13,16H,2-10H2,1H3. The molecule has 16 heavy (non-hydrogen) atoms. The lowest BCUT2D eigenvalue weighted by molar-refractivity contribution is -0.142. The second-order valence-electron chi connectivity index (χ2n) is 7.46. The number of rotatable bonds is 0. The van der Waals surface area contributed by atoms with Gasteiger partial charge in [0, 0.05) is 5.54 Å². The van der Waals surface area contributed by atoms with Crippen molar-refractivity contribution in [2.24, 2.45) is 23.2 Å². The Morgan fingerprint density at radius 1 is 1.00 bits per heavy atom. The Morgan fingerprint density at radius 2 is 1.75 bits per heavy atom. The van der Waals surface area contributed by atoms with Gasteiger partial charge in [0.15, 0.2) is 0 Å². The van der Waals surface area contributed by atoms with E-state index in [-0.39, 0.29) is 0 Å². The van der Waals surface area contributed by atoms with E-state index in [4.69, 9.17) is 0 Å². The maximum atomic E-state index is 4.02. The van der Waals surface area contributed by atoms with Gasteiger partial charge in [0.1, 0.15) is 0 Å². The Balaban J connectivity index is 1.75. The fourth-order valence-corrected chi connectivity index (χ4v) is 6.31. The third-order valence-electron chi connectivity index (χ3n) is 6.59. The maximum absolute atomic E-state index is 4.02. The Hall–Kier alpha value is -0.0400. The number of hydrogen-bond acceptors (Lipinski definition) is 1. The van der Waals surface area contributed by atoms with Crippen molar-refractivity contribution in [3.05, 3.63) is 0 Å². The first-order valence-electron chi connectivity index (χ1n) is 7.47. The van der Waals surface area contributed by atoms with Crippen LogP contribution in [0.5, 0.6) is 0 Å². The van der Waals surface area contributed by atoms with E-state index in [0.717, 1.165) is 17.8 Å². The molecule has 90 valence electrons. The number of nitrogens with one attached hydrogen (secondary N) is 1. The first kappa shape index (κ1) is 9.94. The van der Waals surface area contributed by atoms with E-state index in [9.17, 15) is 0 Å². The van der Waals surface area contributed by atoms with E-state index in [1.54, 1.807) is 19.3 Å². The molecule has 0 radical (unpaired) electrons. The van der Waals surface area contributed by atoms with Crippen LogP contribution in [-0.4, -0.2) is 12.1 Å². The summed E-state index contributed by atoms with van der Waals surface area (Å²) in [6, 6.07) is 0. The van der Waals surface area contributed by atoms with Crippen LogP contribution in [0.3, 0.4) is 0 Å². The summed E-state index contributed by atoms with van der Waals surface area (Å²) < 4.78 is 0. The van der Waals surface area contributed by atoms with Gasteiger partial charge in [-0.2, -0.15) is 0 Å². The molecular formula is C15H25N. The minimum atomic E-state index is 0.568. The van der Waals surface area contributed by atoms with Crippen molar-refractivity contribution >= 4 is 0 Å². The van der Waals surface area contributed by atoms with E-state index in [2.05, 4.69) is 12.2 Å². The molecule has 0 aromatic heterocycles. The predicted molar refractivity (Wildman–Crippen MR) is 66.2 cm³/mol. The lowest BCUT2D eigenvalue weighted by Crippen LogP contribution is -2.70. The molecule has 1 saturated heterocycles. The van der Waals surface area contributed by atoms with Crippen molar-refractivity contribution in [1.29, 1.82) is 0 Å². The summed E-state index contributed by atoms with van der Waals surface area (Å²) in [6.07, 6.45) is 12.1. The van der Waals surface area contributed by atoms with E-state index < -0.39 is 0 Å². The normalized spacial score (nSPS) is 59.4. The van der Waals surface area contributed by atoms with Crippen LogP contribution in [0.4, 0.5) is 0 Å². The molecule has 5 fully saturated rings. The zero-order valence-corrected chi connectivity index (χ0v) is 10.6. The maximum Gasteiger partial charge on any atom is 0.0263 e. The van der Waals surface area contributed by atoms with Crippen LogP contribution in [-0.2, 0) is 0 Å². The highest BCUT2D eigenvalue weighted by molar-refractivity contribution is 5.17. The molecule has 1 aliphatic heterocycles. The van der Waals surface area contributed by atoms with Crippen LogP contribution < -0.4 is 5.32 Å². The van der Waals surface area contributed by atoms with Crippen LogP contribution >= 0.6 is 0 Å². The quantitative estimate of drug-likeness (QED) is 0.659. The summed E-state index contributed by atoms with van der Waals surface area (Å²) in [6.45, 7) is 3.91. The zero-order valence-electron chi connectivity index (χ0n) is 10.6. The van der Waals surface area contributed by atoms with Crippen LogP contribution in [0.25, 0.3) is 0 Å². The Bertz CT molecular complexity index is 289. The van der Waals surface area contributed by atoms with Crippen LogP contribution in [0, 0.1) is 23.2 Å². The molecule has 1 nitrogen and oxygen atoms in total. The molecule has 0 aromatic carbocycles. The Labute approximate surface area is 99.4 Å². The van der Waals surface area contributed by atoms with Gasteiger partial charge < -0.3 is 5.32 Å². The average molecular weight is 219 g/mol. The van der Waals surface area contributed by atoms with Gasteiger partial charge in [-0.15, -0.1) is 0 Å². The monoisotopic (exact) mass is 219 g/mol.